The number of piperazine rings is 1. The molecule has 8 heteroatoms. The van der Waals surface area contributed by atoms with Gasteiger partial charge in [-0.25, -0.2) is 8.42 Å². The first kappa shape index (κ1) is 25.0. The Morgan fingerprint density at radius 3 is 2.20 bits per heavy atom. The van der Waals surface area contributed by atoms with Gasteiger partial charge in [0.25, 0.3) is 10.0 Å². The number of carbonyl (C=O) groups is 1. The first-order valence-corrected chi connectivity index (χ1v) is 13.3. The number of carbonyl (C=O) groups excluding carboxylic acids is 1. The lowest BCUT2D eigenvalue weighted by atomic mass is 10.2. The number of anilines is 1. The second-order valence-electron chi connectivity index (χ2n) is 8.30. The SMILES string of the molecule is O=C(CN(c1cccc(Cl)c1)S(=O)(=O)c1ccccc1)N1CCN(C/C=C/c2ccccc2)CC1. The van der Waals surface area contributed by atoms with Crippen LogP contribution in [-0.4, -0.2) is 63.4 Å². The standard InChI is InChI=1S/C27H28ClN3O3S/c28-24-12-7-13-25(21-24)31(35(33,34)26-14-5-2-6-15-26)22-27(32)30-19-17-29(18-20-30)16-8-11-23-9-3-1-4-10-23/h1-15,21H,16-20,22H2/b11-8+. The summed E-state index contributed by atoms with van der Waals surface area (Å²) in [6.07, 6.45) is 4.22. The Kier molecular flexibility index (Phi) is 8.23. The molecule has 3 aromatic carbocycles. The molecule has 0 aromatic heterocycles. The van der Waals surface area contributed by atoms with Crippen molar-refractivity contribution in [3.05, 3.63) is 102 Å². The van der Waals surface area contributed by atoms with Crippen LogP contribution in [0, 0.1) is 0 Å². The van der Waals surface area contributed by atoms with Crippen LogP contribution >= 0.6 is 11.6 Å². The van der Waals surface area contributed by atoms with Crippen LogP contribution in [0.5, 0.6) is 0 Å². The Morgan fingerprint density at radius 1 is 0.886 bits per heavy atom. The summed E-state index contributed by atoms with van der Waals surface area (Å²) in [6, 6.07) is 24.8. The molecule has 35 heavy (non-hydrogen) atoms. The maximum atomic E-state index is 13.4. The molecule has 0 unspecified atom stereocenters. The van der Waals surface area contributed by atoms with Gasteiger partial charge >= 0.3 is 0 Å². The van der Waals surface area contributed by atoms with E-state index in [2.05, 4.69) is 29.2 Å². The summed E-state index contributed by atoms with van der Waals surface area (Å²) in [6.45, 7) is 3.07. The van der Waals surface area contributed by atoms with Crippen LogP contribution in [0.1, 0.15) is 5.56 Å². The largest absolute Gasteiger partial charge is 0.339 e. The first-order valence-electron chi connectivity index (χ1n) is 11.5. The minimum Gasteiger partial charge on any atom is -0.339 e. The van der Waals surface area contributed by atoms with Crippen LogP contribution in [0.3, 0.4) is 0 Å². The number of halogens is 1. The van der Waals surface area contributed by atoms with Crippen LogP contribution in [0.25, 0.3) is 6.08 Å². The zero-order valence-corrected chi connectivity index (χ0v) is 20.9. The number of nitrogens with zero attached hydrogens (tertiary/aromatic N) is 3. The summed E-state index contributed by atoms with van der Waals surface area (Å²) in [4.78, 5) is 17.3. The number of amides is 1. The summed E-state index contributed by atoms with van der Waals surface area (Å²) in [5.74, 6) is -0.232. The summed E-state index contributed by atoms with van der Waals surface area (Å²) in [5.41, 5.74) is 1.52. The van der Waals surface area contributed by atoms with Gasteiger partial charge in [-0.05, 0) is 35.9 Å². The fourth-order valence-corrected chi connectivity index (χ4v) is 5.58. The molecule has 1 amide bonds. The molecule has 0 spiro atoms. The van der Waals surface area contributed by atoms with E-state index in [1.165, 1.54) is 12.1 Å². The van der Waals surface area contributed by atoms with Crippen molar-refractivity contribution in [1.82, 2.24) is 9.80 Å². The molecule has 1 heterocycles. The average Bonchev–Trinajstić information content (AvgIpc) is 2.88. The summed E-state index contributed by atoms with van der Waals surface area (Å²) >= 11 is 6.14. The van der Waals surface area contributed by atoms with E-state index in [1.54, 1.807) is 47.4 Å². The van der Waals surface area contributed by atoms with Crippen molar-refractivity contribution < 1.29 is 13.2 Å². The van der Waals surface area contributed by atoms with Crippen molar-refractivity contribution in [2.75, 3.05) is 43.6 Å². The smallest absolute Gasteiger partial charge is 0.264 e. The van der Waals surface area contributed by atoms with Gasteiger partial charge in [0.1, 0.15) is 6.54 Å². The van der Waals surface area contributed by atoms with Gasteiger partial charge < -0.3 is 4.90 Å². The summed E-state index contributed by atoms with van der Waals surface area (Å²) < 4.78 is 28.0. The van der Waals surface area contributed by atoms with Crippen molar-refractivity contribution in [2.24, 2.45) is 0 Å². The monoisotopic (exact) mass is 509 g/mol. The predicted molar refractivity (Wildman–Crippen MR) is 141 cm³/mol. The highest BCUT2D eigenvalue weighted by molar-refractivity contribution is 7.92. The lowest BCUT2D eigenvalue weighted by molar-refractivity contribution is -0.131. The van der Waals surface area contributed by atoms with Gasteiger partial charge in [-0.1, -0.05) is 78.4 Å². The molecule has 1 aliphatic heterocycles. The fraction of sp³-hybridized carbons (Fsp3) is 0.222. The van der Waals surface area contributed by atoms with Gasteiger partial charge in [0, 0.05) is 37.7 Å². The van der Waals surface area contributed by atoms with E-state index in [4.69, 9.17) is 11.6 Å². The number of sulfonamides is 1. The predicted octanol–water partition coefficient (Wildman–Crippen LogP) is 4.39. The molecule has 1 fully saturated rings. The van der Waals surface area contributed by atoms with E-state index >= 15 is 0 Å². The van der Waals surface area contributed by atoms with Crippen LogP contribution in [0.2, 0.25) is 5.02 Å². The summed E-state index contributed by atoms with van der Waals surface area (Å²) in [5, 5.41) is 0.403. The van der Waals surface area contributed by atoms with Crippen LogP contribution in [0.15, 0.2) is 95.9 Å². The summed E-state index contributed by atoms with van der Waals surface area (Å²) in [7, 11) is -3.95. The molecule has 0 saturated carbocycles. The van der Waals surface area contributed by atoms with Gasteiger partial charge in [-0.15, -0.1) is 0 Å². The molecule has 1 aliphatic rings. The van der Waals surface area contributed by atoms with Crippen molar-refractivity contribution in [1.29, 1.82) is 0 Å². The number of rotatable bonds is 8. The minimum atomic E-state index is -3.95. The highest BCUT2D eigenvalue weighted by Gasteiger charge is 2.30. The molecule has 0 radical (unpaired) electrons. The molecule has 3 aromatic rings. The van der Waals surface area contributed by atoms with Crippen molar-refractivity contribution in [3.8, 4) is 0 Å². The normalized spacial score (nSPS) is 14.8. The van der Waals surface area contributed by atoms with E-state index in [-0.39, 0.29) is 17.3 Å². The average molecular weight is 510 g/mol. The molecule has 0 N–H and O–H groups in total. The number of hydrogen-bond acceptors (Lipinski definition) is 4. The topological polar surface area (TPSA) is 60.9 Å². The third kappa shape index (κ3) is 6.51. The highest BCUT2D eigenvalue weighted by atomic mass is 35.5. The fourth-order valence-electron chi connectivity index (χ4n) is 3.97. The van der Waals surface area contributed by atoms with Crippen molar-refractivity contribution in [3.63, 3.8) is 0 Å². The minimum absolute atomic E-state index is 0.128. The van der Waals surface area contributed by atoms with Crippen LogP contribution in [0.4, 0.5) is 5.69 Å². The first-order chi connectivity index (χ1) is 16.9. The molecule has 4 rings (SSSR count). The molecule has 182 valence electrons. The van der Waals surface area contributed by atoms with Gasteiger partial charge in [0.05, 0.1) is 10.6 Å². The maximum absolute atomic E-state index is 13.4. The number of hydrogen-bond donors (Lipinski definition) is 0. The lowest BCUT2D eigenvalue weighted by Crippen LogP contribution is -2.51. The Bertz CT molecular complexity index is 1260. The quantitative estimate of drug-likeness (QED) is 0.452. The van der Waals surface area contributed by atoms with E-state index in [0.29, 0.717) is 23.8 Å². The third-order valence-corrected chi connectivity index (χ3v) is 7.93. The highest BCUT2D eigenvalue weighted by Crippen LogP contribution is 2.26. The van der Waals surface area contributed by atoms with Gasteiger partial charge in [0.2, 0.25) is 5.91 Å². The second kappa shape index (κ2) is 11.5. The van der Waals surface area contributed by atoms with E-state index in [1.807, 2.05) is 18.2 Å². The molecule has 0 bridgehead atoms. The molecule has 0 atom stereocenters. The molecule has 6 nitrogen and oxygen atoms in total. The van der Waals surface area contributed by atoms with Crippen molar-refractivity contribution >= 4 is 39.3 Å². The van der Waals surface area contributed by atoms with E-state index < -0.39 is 10.0 Å². The number of benzene rings is 3. The Labute approximate surface area is 212 Å². The third-order valence-electron chi connectivity index (χ3n) is 5.90. The van der Waals surface area contributed by atoms with Gasteiger partial charge in [-0.2, -0.15) is 0 Å². The second-order valence-corrected chi connectivity index (χ2v) is 10.6. The Hall–Kier alpha value is -3.13. The molecule has 0 aliphatic carbocycles. The van der Waals surface area contributed by atoms with Crippen LogP contribution < -0.4 is 4.31 Å². The van der Waals surface area contributed by atoms with Crippen LogP contribution in [-0.2, 0) is 14.8 Å². The lowest BCUT2D eigenvalue weighted by Gasteiger charge is -2.35. The van der Waals surface area contributed by atoms with E-state index in [0.717, 1.165) is 29.5 Å². The Balaban J connectivity index is 1.42. The Morgan fingerprint density at radius 2 is 1.54 bits per heavy atom. The molecule has 1 saturated heterocycles. The zero-order valence-electron chi connectivity index (χ0n) is 19.3. The zero-order chi connectivity index (χ0) is 24.7. The molecular formula is C27H28ClN3O3S. The van der Waals surface area contributed by atoms with E-state index in [9.17, 15) is 13.2 Å². The maximum Gasteiger partial charge on any atom is 0.264 e. The molecular weight excluding hydrogens is 482 g/mol. The van der Waals surface area contributed by atoms with Gasteiger partial charge in [0.15, 0.2) is 0 Å². The van der Waals surface area contributed by atoms with Crippen molar-refractivity contribution in [2.45, 2.75) is 4.90 Å². The van der Waals surface area contributed by atoms with Gasteiger partial charge in [-0.3, -0.25) is 14.0 Å².